The summed E-state index contributed by atoms with van der Waals surface area (Å²) in [5.74, 6) is -0.371. The predicted octanol–water partition coefficient (Wildman–Crippen LogP) is 3.05. The highest BCUT2D eigenvalue weighted by Gasteiger charge is 2.12. The minimum absolute atomic E-state index is 0.0851. The van der Waals surface area contributed by atoms with Crippen molar-refractivity contribution in [3.8, 4) is 0 Å². The normalized spacial score (nSPS) is 10.4. The molecule has 0 aliphatic carbocycles. The zero-order valence-corrected chi connectivity index (χ0v) is 12.0. The van der Waals surface area contributed by atoms with Crippen molar-refractivity contribution in [2.24, 2.45) is 5.10 Å². The van der Waals surface area contributed by atoms with Crippen LogP contribution >= 0.6 is 12.2 Å². The van der Waals surface area contributed by atoms with E-state index in [1.54, 1.807) is 24.3 Å². The smallest absolute Gasteiger partial charge is 0.292 e. The Balaban J connectivity index is 1.98. The molecule has 0 aromatic heterocycles. The number of nitro benzene ring substituents is 1. The Kier molecular flexibility index (Phi) is 5.10. The maximum absolute atomic E-state index is 13.0. The van der Waals surface area contributed by atoms with E-state index < -0.39 is 4.92 Å². The number of halogens is 1. The molecule has 0 unspecified atom stereocenters. The van der Waals surface area contributed by atoms with Gasteiger partial charge in [0.25, 0.3) is 5.69 Å². The molecule has 0 heterocycles. The van der Waals surface area contributed by atoms with Crippen LogP contribution in [0.1, 0.15) is 5.56 Å². The zero-order chi connectivity index (χ0) is 15.9. The molecule has 6 nitrogen and oxygen atoms in total. The number of thiocarbonyl (C=S) groups is 1. The molecule has 0 fully saturated rings. The number of nitrogens with one attached hydrogen (secondary N) is 2. The van der Waals surface area contributed by atoms with Crippen molar-refractivity contribution in [3.63, 3.8) is 0 Å². The maximum Gasteiger partial charge on any atom is 0.292 e. The van der Waals surface area contributed by atoms with Crippen LogP contribution in [0.2, 0.25) is 0 Å². The lowest BCUT2D eigenvalue weighted by Gasteiger charge is -2.07. The first kappa shape index (κ1) is 15.5. The first-order valence-electron chi connectivity index (χ1n) is 6.15. The van der Waals surface area contributed by atoms with Crippen LogP contribution in [0.15, 0.2) is 53.6 Å². The van der Waals surface area contributed by atoms with Gasteiger partial charge < -0.3 is 5.32 Å². The van der Waals surface area contributed by atoms with Crippen LogP contribution in [0, 0.1) is 15.9 Å². The Hall–Kier alpha value is -2.87. The summed E-state index contributed by atoms with van der Waals surface area (Å²) >= 11 is 4.99. The van der Waals surface area contributed by atoms with Crippen molar-refractivity contribution in [1.82, 2.24) is 5.43 Å². The highest BCUT2D eigenvalue weighted by Crippen LogP contribution is 2.22. The van der Waals surface area contributed by atoms with Crippen LogP contribution in [-0.2, 0) is 0 Å². The van der Waals surface area contributed by atoms with E-state index in [2.05, 4.69) is 15.8 Å². The minimum Gasteiger partial charge on any atom is -0.326 e. The van der Waals surface area contributed by atoms with E-state index in [0.29, 0.717) is 5.56 Å². The molecule has 0 saturated heterocycles. The second kappa shape index (κ2) is 7.23. The number of hydrogen-bond acceptors (Lipinski definition) is 4. The molecule has 0 spiro atoms. The van der Waals surface area contributed by atoms with Gasteiger partial charge in [0.15, 0.2) is 5.11 Å². The second-order valence-electron chi connectivity index (χ2n) is 4.15. The van der Waals surface area contributed by atoms with Gasteiger partial charge in [-0.2, -0.15) is 5.10 Å². The van der Waals surface area contributed by atoms with E-state index in [1.807, 2.05) is 0 Å². The fourth-order valence-electron chi connectivity index (χ4n) is 1.64. The molecule has 2 N–H and O–H groups in total. The van der Waals surface area contributed by atoms with Crippen LogP contribution in [0.4, 0.5) is 15.8 Å². The van der Waals surface area contributed by atoms with E-state index in [-0.39, 0.29) is 22.3 Å². The van der Waals surface area contributed by atoms with Gasteiger partial charge in [-0.25, -0.2) is 4.39 Å². The summed E-state index contributed by atoms with van der Waals surface area (Å²) in [5, 5.41) is 17.5. The van der Waals surface area contributed by atoms with Crippen molar-refractivity contribution in [1.29, 1.82) is 0 Å². The van der Waals surface area contributed by atoms with Gasteiger partial charge in [0.05, 0.1) is 11.1 Å². The molecular weight excluding hydrogens is 307 g/mol. The lowest BCUT2D eigenvalue weighted by atomic mass is 10.2. The topological polar surface area (TPSA) is 79.6 Å². The van der Waals surface area contributed by atoms with Gasteiger partial charge >= 0.3 is 0 Å². The van der Waals surface area contributed by atoms with Crippen LogP contribution in [0.25, 0.3) is 0 Å². The van der Waals surface area contributed by atoms with Gasteiger partial charge in [0.2, 0.25) is 0 Å². The van der Waals surface area contributed by atoms with E-state index in [4.69, 9.17) is 12.2 Å². The Morgan fingerprint density at radius 3 is 2.77 bits per heavy atom. The summed E-state index contributed by atoms with van der Waals surface area (Å²) in [6.45, 7) is 0. The molecule has 0 bridgehead atoms. The number of hydrogen-bond donors (Lipinski definition) is 2. The minimum atomic E-state index is -0.513. The SMILES string of the molecule is O=[N+]([O-])c1ccccc1NC(=S)N/N=C\c1cccc(F)c1. The average molecular weight is 318 g/mol. The molecule has 0 radical (unpaired) electrons. The fourth-order valence-corrected chi connectivity index (χ4v) is 1.80. The standard InChI is InChI=1S/C14H11FN4O2S/c15-11-5-3-4-10(8-11)9-16-18-14(22)17-12-6-1-2-7-13(12)19(20)21/h1-9H,(H2,17,18,22)/b16-9-. The summed E-state index contributed by atoms with van der Waals surface area (Å²) in [6, 6.07) is 12.0. The first-order chi connectivity index (χ1) is 10.6. The Morgan fingerprint density at radius 2 is 2.05 bits per heavy atom. The second-order valence-corrected chi connectivity index (χ2v) is 4.56. The quantitative estimate of drug-likeness (QED) is 0.392. The van der Waals surface area contributed by atoms with E-state index in [9.17, 15) is 14.5 Å². The summed E-state index contributed by atoms with van der Waals surface area (Å²) in [5.41, 5.74) is 3.23. The Bertz CT molecular complexity index is 736. The summed E-state index contributed by atoms with van der Waals surface area (Å²) in [7, 11) is 0. The maximum atomic E-state index is 13.0. The molecule has 2 aromatic carbocycles. The van der Waals surface area contributed by atoms with Crippen molar-refractivity contribution in [2.45, 2.75) is 0 Å². The van der Waals surface area contributed by atoms with Crippen LogP contribution < -0.4 is 10.7 Å². The molecule has 8 heteroatoms. The summed E-state index contributed by atoms with van der Waals surface area (Å²) in [4.78, 5) is 10.4. The van der Waals surface area contributed by atoms with E-state index in [0.717, 1.165) is 0 Å². The number of rotatable bonds is 4. The molecule has 0 atom stereocenters. The summed E-state index contributed by atoms with van der Waals surface area (Å²) < 4.78 is 13.0. The van der Waals surface area contributed by atoms with E-state index >= 15 is 0 Å². The van der Waals surface area contributed by atoms with Gasteiger partial charge in [-0.1, -0.05) is 24.3 Å². The van der Waals surface area contributed by atoms with E-state index in [1.165, 1.54) is 30.5 Å². The van der Waals surface area contributed by atoms with Crippen molar-refractivity contribution < 1.29 is 9.31 Å². The highest BCUT2D eigenvalue weighted by atomic mass is 32.1. The predicted molar refractivity (Wildman–Crippen MR) is 86.4 cm³/mol. The Morgan fingerprint density at radius 1 is 1.27 bits per heavy atom. The molecule has 2 aromatic rings. The van der Waals surface area contributed by atoms with Crippen molar-refractivity contribution in [2.75, 3.05) is 5.32 Å². The van der Waals surface area contributed by atoms with Gasteiger partial charge in [-0.15, -0.1) is 0 Å². The highest BCUT2D eigenvalue weighted by molar-refractivity contribution is 7.80. The largest absolute Gasteiger partial charge is 0.326 e. The molecular formula is C14H11FN4O2S. The first-order valence-corrected chi connectivity index (χ1v) is 6.56. The van der Waals surface area contributed by atoms with Gasteiger partial charge in [0.1, 0.15) is 11.5 Å². The third kappa shape index (κ3) is 4.32. The van der Waals surface area contributed by atoms with Gasteiger partial charge in [-0.05, 0) is 36.0 Å². The summed E-state index contributed by atoms with van der Waals surface area (Å²) in [6.07, 6.45) is 1.39. The number of hydrazone groups is 1. The number of benzene rings is 2. The van der Waals surface area contributed by atoms with Crippen LogP contribution in [0.3, 0.4) is 0 Å². The number of para-hydroxylation sites is 2. The molecule has 0 aliphatic rings. The zero-order valence-electron chi connectivity index (χ0n) is 11.2. The lowest BCUT2D eigenvalue weighted by molar-refractivity contribution is -0.383. The van der Waals surface area contributed by atoms with Crippen LogP contribution in [-0.4, -0.2) is 16.3 Å². The molecule has 0 saturated carbocycles. The average Bonchev–Trinajstić information content (AvgIpc) is 2.47. The molecule has 2 rings (SSSR count). The van der Waals surface area contributed by atoms with Gasteiger partial charge in [-0.3, -0.25) is 15.5 Å². The third-order valence-electron chi connectivity index (χ3n) is 2.58. The van der Waals surface area contributed by atoms with Crippen LogP contribution in [0.5, 0.6) is 0 Å². The molecule has 0 aliphatic heterocycles. The van der Waals surface area contributed by atoms with Gasteiger partial charge in [0, 0.05) is 6.07 Å². The Labute approximate surface area is 130 Å². The third-order valence-corrected chi connectivity index (χ3v) is 2.77. The number of nitrogens with zero attached hydrogens (tertiary/aromatic N) is 2. The van der Waals surface area contributed by atoms with Crippen molar-refractivity contribution in [3.05, 3.63) is 70.0 Å². The number of anilines is 1. The molecule has 22 heavy (non-hydrogen) atoms. The van der Waals surface area contributed by atoms with Crippen molar-refractivity contribution >= 4 is 34.9 Å². The number of nitro groups is 1. The molecule has 112 valence electrons. The fraction of sp³-hybridized carbons (Fsp3) is 0. The molecule has 0 amide bonds. The lowest BCUT2D eigenvalue weighted by Crippen LogP contribution is -2.24. The monoisotopic (exact) mass is 318 g/mol.